The van der Waals surface area contributed by atoms with Gasteiger partial charge in [0.2, 0.25) is 23.4 Å². The zero-order valence-corrected chi connectivity index (χ0v) is 17.3. The number of hydrogen-bond donors (Lipinski definition) is 2. The first-order chi connectivity index (χ1) is 15.1. The molecule has 31 heavy (non-hydrogen) atoms. The Labute approximate surface area is 179 Å². The number of carbonyl (C=O) groups is 1. The van der Waals surface area contributed by atoms with Crippen molar-refractivity contribution in [3.05, 3.63) is 48.6 Å². The van der Waals surface area contributed by atoms with Crippen LogP contribution in [-0.4, -0.2) is 59.6 Å². The largest absolute Gasteiger partial charge is 0.493 e. The first kappa shape index (κ1) is 22.0. The number of carbonyl (C=O) groups excluding carboxylic acids is 1. The number of aliphatic hydroxyl groups is 1. The first-order valence-electron chi connectivity index (χ1n) is 9.62. The molecule has 0 saturated carbocycles. The van der Waals surface area contributed by atoms with Gasteiger partial charge in [-0.2, -0.15) is 4.98 Å². The third-order valence-corrected chi connectivity index (χ3v) is 4.31. The van der Waals surface area contributed by atoms with E-state index in [1.807, 2.05) is 0 Å². The van der Waals surface area contributed by atoms with Gasteiger partial charge in [-0.3, -0.25) is 9.78 Å². The second-order valence-electron chi connectivity index (χ2n) is 6.51. The second-order valence-corrected chi connectivity index (χ2v) is 6.51. The molecule has 2 aromatic heterocycles. The second kappa shape index (κ2) is 10.9. The summed E-state index contributed by atoms with van der Waals surface area (Å²) in [4.78, 5) is 20.3. The topological polar surface area (TPSA) is 129 Å². The van der Waals surface area contributed by atoms with E-state index in [-0.39, 0.29) is 31.9 Å². The molecule has 1 amide bonds. The third kappa shape index (κ3) is 6.16. The molecule has 0 aliphatic rings. The van der Waals surface area contributed by atoms with Gasteiger partial charge in [-0.25, -0.2) is 0 Å². The molecule has 1 aromatic carbocycles. The van der Waals surface area contributed by atoms with Crippen molar-refractivity contribution in [2.75, 3.05) is 27.4 Å². The number of aromatic nitrogens is 3. The number of nitrogens with one attached hydrogen (secondary N) is 1. The van der Waals surface area contributed by atoms with Crippen molar-refractivity contribution in [2.45, 2.75) is 18.9 Å². The standard InChI is InChI=1S/C21H24N4O6/c1-28-16-4-3-5-17(29-2)20(16)30-13-15(26)12-23-18(27)6-7-19-24-21(25-31-19)14-8-10-22-11-9-14/h3-5,8-11,15,26H,6-7,12-13H2,1-2H3,(H,23,27). The van der Waals surface area contributed by atoms with Crippen molar-refractivity contribution in [3.8, 4) is 28.6 Å². The summed E-state index contributed by atoms with van der Waals surface area (Å²) >= 11 is 0. The molecule has 1 atom stereocenters. The predicted molar refractivity (Wildman–Crippen MR) is 110 cm³/mol. The smallest absolute Gasteiger partial charge is 0.227 e. The third-order valence-electron chi connectivity index (χ3n) is 4.31. The van der Waals surface area contributed by atoms with Crippen LogP contribution in [0.5, 0.6) is 17.2 Å². The molecule has 0 radical (unpaired) electrons. The van der Waals surface area contributed by atoms with Crippen molar-refractivity contribution in [1.29, 1.82) is 0 Å². The van der Waals surface area contributed by atoms with E-state index in [1.54, 1.807) is 42.7 Å². The Morgan fingerprint density at radius 2 is 1.87 bits per heavy atom. The number of pyridine rings is 1. The molecular formula is C21H24N4O6. The average Bonchev–Trinajstić information content (AvgIpc) is 3.29. The number of methoxy groups -OCH3 is 2. The lowest BCUT2D eigenvalue weighted by atomic mass is 10.2. The van der Waals surface area contributed by atoms with E-state index in [0.717, 1.165) is 5.56 Å². The van der Waals surface area contributed by atoms with Crippen molar-refractivity contribution >= 4 is 5.91 Å². The van der Waals surface area contributed by atoms with Gasteiger partial charge < -0.3 is 29.2 Å². The van der Waals surface area contributed by atoms with Crippen LogP contribution in [0.4, 0.5) is 0 Å². The fourth-order valence-corrected chi connectivity index (χ4v) is 2.71. The summed E-state index contributed by atoms with van der Waals surface area (Å²) in [6, 6.07) is 8.76. The Hall–Kier alpha value is -3.66. The normalized spacial score (nSPS) is 11.6. The van der Waals surface area contributed by atoms with E-state index < -0.39 is 6.10 Å². The van der Waals surface area contributed by atoms with Crippen LogP contribution in [0.25, 0.3) is 11.4 Å². The number of aryl methyl sites for hydroxylation is 1. The van der Waals surface area contributed by atoms with Gasteiger partial charge in [-0.05, 0) is 24.3 Å². The van der Waals surface area contributed by atoms with E-state index >= 15 is 0 Å². The molecule has 3 rings (SSSR count). The van der Waals surface area contributed by atoms with E-state index in [9.17, 15) is 9.90 Å². The van der Waals surface area contributed by atoms with Crippen molar-refractivity contribution in [2.24, 2.45) is 0 Å². The van der Waals surface area contributed by atoms with E-state index in [1.165, 1.54) is 14.2 Å². The molecule has 0 bridgehead atoms. The number of benzene rings is 1. The highest BCUT2D eigenvalue weighted by Gasteiger charge is 2.15. The molecule has 164 valence electrons. The highest BCUT2D eigenvalue weighted by molar-refractivity contribution is 5.76. The lowest BCUT2D eigenvalue weighted by Gasteiger charge is -2.17. The number of rotatable bonds is 11. The van der Waals surface area contributed by atoms with Gasteiger partial charge in [0.05, 0.1) is 14.2 Å². The van der Waals surface area contributed by atoms with Crippen LogP contribution in [0.15, 0.2) is 47.2 Å². The first-order valence-corrected chi connectivity index (χ1v) is 9.62. The van der Waals surface area contributed by atoms with Crippen LogP contribution in [0.3, 0.4) is 0 Å². The van der Waals surface area contributed by atoms with Crippen LogP contribution in [0.1, 0.15) is 12.3 Å². The SMILES string of the molecule is COc1cccc(OC)c1OCC(O)CNC(=O)CCc1nc(-c2ccncc2)no1. The molecule has 0 spiro atoms. The lowest BCUT2D eigenvalue weighted by Crippen LogP contribution is -2.35. The Bertz CT molecular complexity index is 957. The fraction of sp³-hybridized carbons (Fsp3) is 0.333. The zero-order valence-electron chi connectivity index (χ0n) is 17.3. The van der Waals surface area contributed by atoms with Gasteiger partial charge >= 0.3 is 0 Å². The molecule has 0 fully saturated rings. The minimum absolute atomic E-state index is 0.0302. The van der Waals surface area contributed by atoms with Gasteiger partial charge in [0, 0.05) is 37.3 Å². The molecule has 0 saturated heterocycles. The minimum atomic E-state index is -0.916. The van der Waals surface area contributed by atoms with Gasteiger partial charge in [-0.1, -0.05) is 11.2 Å². The average molecular weight is 428 g/mol. The summed E-state index contributed by atoms with van der Waals surface area (Å²) < 4.78 is 21.3. The van der Waals surface area contributed by atoms with Crippen LogP contribution in [0.2, 0.25) is 0 Å². The Morgan fingerprint density at radius 1 is 1.16 bits per heavy atom. The summed E-state index contributed by atoms with van der Waals surface area (Å²) in [5.74, 6) is 1.91. The summed E-state index contributed by atoms with van der Waals surface area (Å²) in [7, 11) is 3.03. The monoisotopic (exact) mass is 428 g/mol. The Kier molecular flexibility index (Phi) is 7.77. The Balaban J connectivity index is 1.42. The zero-order chi connectivity index (χ0) is 22.1. The Morgan fingerprint density at radius 3 is 2.55 bits per heavy atom. The lowest BCUT2D eigenvalue weighted by molar-refractivity contribution is -0.121. The molecule has 10 nitrogen and oxygen atoms in total. The predicted octanol–water partition coefficient (Wildman–Crippen LogP) is 1.64. The number of para-hydroxylation sites is 1. The number of ether oxygens (including phenoxy) is 3. The van der Waals surface area contributed by atoms with Crippen LogP contribution in [-0.2, 0) is 11.2 Å². The van der Waals surface area contributed by atoms with Crippen molar-refractivity contribution in [3.63, 3.8) is 0 Å². The molecule has 2 N–H and O–H groups in total. The van der Waals surface area contributed by atoms with E-state index in [0.29, 0.717) is 29.0 Å². The number of hydrogen-bond acceptors (Lipinski definition) is 9. The summed E-state index contributed by atoms with van der Waals surface area (Å²) in [6.07, 6.45) is 2.79. The van der Waals surface area contributed by atoms with E-state index in [4.69, 9.17) is 18.7 Å². The number of amides is 1. The van der Waals surface area contributed by atoms with Crippen LogP contribution < -0.4 is 19.5 Å². The van der Waals surface area contributed by atoms with Crippen LogP contribution in [0, 0.1) is 0 Å². The number of nitrogens with zero attached hydrogens (tertiary/aromatic N) is 3. The molecular weight excluding hydrogens is 404 g/mol. The van der Waals surface area contributed by atoms with Gasteiger partial charge in [0.1, 0.15) is 12.7 Å². The number of aliphatic hydroxyl groups excluding tert-OH is 1. The van der Waals surface area contributed by atoms with Gasteiger partial charge in [0.15, 0.2) is 11.5 Å². The van der Waals surface area contributed by atoms with Gasteiger partial charge in [0.25, 0.3) is 0 Å². The highest BCUT2D eigenvalue weighted by atomic mass is 16.5. The maximum Gasteiger partial charge on any atom is 0.227 e. The highest BCUT2D eigenvalue weighted by Crippen LogP contribution is 2.36. The van der Waals surface area contributed by atoms with E-state index in [2.05, 4.69) is 20.4 Å². The van der Waals surface area contributed by atoms with Crippen molar-refractivity contribution < 1.29 is 28.6 Å². The maximum atomic E-state index is 12.1. The van der Waals surface area contributed by atoms with Gasteiger partial charge in [-0.15, -0.1) is 0 Å². The maximum absolute atomic E-state index is 12.1. The fourth-order valence-electron chi connectivity index (χ4n) is 2.71. The molecule has 2 heterocycles. The van der Waals surface area contributed by atoms with Crippen molar-refractivity contribution in [1.82, 2.24) is 20.4 Å². The molecule has 10 heteroatoms. The molecule has 3 aromatic rings. The summed E-state index contributed by atoms with van der Waals surface area (Å²) in [6.45, 7) is -0.0155. The minimum Gasteiger partial charge on any atom is -0.493 e. The quantitative estimate of drug-likeness (QED) is 0.468. The summed E-state index contributed by atoms with van der Waals surface area (Å²) in [5, 5.41) is 16.7. The summed E-state index contributed by atoms with van der Waals surface area (Å²) in [5.41, 5.74) is 0.782. The molecule has 1 unspecified atom stereocenters. The van der Waals surface area contributed by atoms with Crippen LogP contribution >= 0.6 is 0 Å². The molecule has 0 aliphatic carbocycles. The molecule has 0 aliphatic heterocycles.